The number of benzene rings is 2. The molecule has 1 N–H and O–H groups in total. The Morgan fingerprint density at radius 2 is 1.67 bits per heavy atom. The van der Waals surface area contributed by atoms with Crippen molar-refractivity contribution in [2.24, 2.45) is 0 Å². The minimum Gasteiger partial charge on any atom is -0.378 e. The number of rotatable bonds is 8. The number of anilines is 1. The van der Waals surface area contributed by atoms with Gasteiger partial charge in [0.25, 0.3) is 0 Å². The monoisotopic (exact) mass is 443 g/mol. The van der Waals surface area contributed by atoms with Gasteiger partial charge in [-0.25, -0.2) is 4.39 Å². The first-order valence-electron chi connectivity index (χ1n) is 10.8. The maximum absolute atomic E-state index is 13.5. The van der Waals surface area contributed by atoms with Crippen molar-refractivity contribution >= 4 is 11.6 Å². The summed E-state index contributed by atoms with van der Waals surface area (Å²) in [5.41, 5.74) is 5.68. The molecule has 0 bridgehead atoms. The highest BCUT2D eigenvalue weighted by Gasteiger charge is 2.15. The molecule has 0 fully saturated rings. The van der Waals surface area contributed by atoms with Crippen molar-refractivity contribution in [2.75, 3.05) is 25.5 Å². The lowest BCUT2D eigenvalue weighted by atomic mass is 10.0. The number of hydrogen-bond acceptors (Lipinski definition) is 4. The fourth-order valence-corrected chi connectivity index (χ4v) is 3.67. The molecule has 0 saturated heterocycles. The van der Waals surface area contributed by atoms with Gasteiger partial charge >= 0.3 is 0 Å². The topological polar surface area (TPSA) is 63.1 Å². The SMILES string of the molecule is CN(C)c1ccc(CC(=O)NCCn2ncc(-c3ccncc3)c2-c2ccc(F)cc2)cc1. The second-order valence-corrected chi connectivity index (χ2v) is 7.96. The zero-order valence-electron chi connectivity index (χ0n) is 18.7. The van der Waals surface area contributed by atoms with Crippen LogP contribution in [0.15, 0.2) is 79.3 Å². The van der Waals surface area contributed by atoms with E-state index in [-0.39, 0.29) is 11.7 Å². The predicted octanol–water partition coefficient (Wildman–Crippen LogP) is 4.18. The number of pyridine rings is 1. The molecule has 4 aromatic rings. The number of halogens is 1. The van der Waals surface area contributed by atoms with Crippen molar-refractivity contribution in [3.63, 3.8) is 0 Å². The molecule has 0 aliphatic heterocycles. The molecule has 0 unspecified atom stereocenters. The summed E-state index contributed by atoms with van der Waals surface area (Å²) in [6.45, 7) is 0.920. The van der Waals surface area contributed by atoms with E-state index in [0.29, 0.717) is 19.5 Å². The highest BCUT2D eigenvalue weighted by molar-refractivity contribution is 5.81. The molecule has 2 aromatic heterocycles. The summed E-state index contributed by atoms with van der Waals surface area (Å²) in [5.74, 6) is -0.335. The van der Waals surface area contributed by atoms with Gasteiger partial charge in [0.15, 0.2) is 0 Å². The molecule has 0 aliphatic rings. The lowest BCUT2D eigenvalue weighted by Gasteiger charge is -2.13. The van der Waals surface area contributed by atoms with Crippen molar-refractivity contribution in [3.8, 4) is 22.4 Å². The molecular weight excluding hydrogens is 417 g/mol. The Kier molecular flexibility index (Phi) is 6.78. The number of amides is 1. The normalized spacial score (nSPS) is 10.8. The number of hydrogen-bond donors (Lipinski definition) is 1. The first kappa shape index (κ1) is 22.2. The van der Waals surface area contributed by atoms with E-state index >= 15 is 0 Å². The van der Waals surface area contributed by atoms with Gasteiger partial charge < -0.3 is 10.2 Å². The van der Waals surface area contributed by atoms with Crippen molar-refractivity contribution in [2.45, 2.75) is 13.0 Å². The average Bonchev–Trinajstić information content (AvgIpc) is 3.24. The van der Waals surface area contributed by atoms with Gasteiger partial charge in [0, 0.05) is 49.8 Å². The van der Waals surface area contributed by atoms with Gasteiger partial charge in [0.2, 0.25) is 5.91 Å². The fraction of sp³-hybridized carbons (Fsp3) is 0.192. The summed E-state index contributed by atoms with van der Waals surface area (Å²) in [4.78, 5) is 18.5. The molecular formula is C26H26FN5O. The molecule has 2 heterocycles. The Balaban J connectivity index is 1.46. The first-order chi connectivity index (χ1) is 16.0. The number of nitrogens with one attached hydrogen (secondary N) is 1. The molecule has 168 valence electrons. The van der Waals surface area contributed by atoms with Crippen LogP contribution in [-0.4, -0.2) is 41.3 Å². The summed E-state index contributed by atoms with van der Waals surface area (Å²) in [6.07, 6.45) is 5.57. The molecule has 6 nitrogen and oxygen atoms in total. The average molecular weight is 444 g/mol. The fourth-order valence-electron chi connectivity index (χ4n) is 3.67. The number of carbonyl (C=O) groups excluding carboxylic acids is 1. The molecule has 4 rings (SSSR count). The van der Waals surface area contributed by atoms with Crippen LogP contribution in [0.5, 0.6) is 0 Å². The Morgan fingerprint density at radius 3 is 2.33 bits per heavy atom. The van der Waals surface area contributed by atoms with Crippen LogP contribution in [0.25, 0.3) is 22.4 Å². The second kappa shape index (κ2) is 10.1. The summed E-state index contributed by atoms with van der Waals surface area (Å²) >= 11 is 0. The van der Waals surface area contributed by atoms with Crippen LogP contribution in [0.4, 0.5) is 10.1 Å². The minimum absolute atomic E-state index is 0.0440. The summed E-state index contributed by atoms with van der Waals surface area (Å²) in [5, 5.41) is 7.52. The third-order valence-electron chi connectivity index (χ3n) is 5.41. The maximum atomic E-state index is 13.5. The van der Waals surface area contributed by atoms with E-state index in [1.807, 2.05) is 60.1 Å². The zero-order valence-corrected chi connectivity index (χ0v) is 18.7. The van der Waals surface area contributed by atoms with Gasteiger partial charge in [-0.15, -0.1) is 0 Å². The van der Waals surface area contributed by atoms with Gasteiger partial charge in [-0.3, -0.25) is 14.5 Å². The van der Waals surface area contributed by atoms with Crippen LogP contribution in [0.1, 0.15) is 5.56 Å². The van der Waals surface area contributed by atoms with Crippen LogP contribution in [0.2, 0.25) is 0 Å². The smallest absolute Gasteiger partial charge is 0.224 e. The summed E-state index contributed by atoms with van der Waals surface area (Å²) in [7, 11) is 3.97. The molecule has 33 heavy (non-hydrogen) atoms. The zero-order chi connectivity index (χ0) is 23.2. The number of nitrogens with zero attached hydrogens (tertiary/aromatic N) is 4. The van der Waals surface area contributed by atoms with E-state index in [0.717, 1.165) is 33.6 Å². The van der Waals surface area contributed by atoms with Crippen LogP contribution in [0.3, 0.4) is 0 Å². The second-order valence-electron chi connectivity index (χ2n) is 7.96. The Labute approximate surface area is 192 Å². The molecule has 0 spiro atoms. The lowest BCUT2D eigenvalue weighted by Crippen LogP contribution is -2.29. The molecule has 1 amide bonds. The van der Waals surface area contributed by atoms with Gasteiger partial charge in [0.1, 0.15) is 5.82 Å². The van der Waals surface area contributed by atoms with Crippen LogP contribution < -0.4 is 10.2 Å². The van der Waals surface area contributed by atoms with Crippen LogP contribution in [-0.2, 0) is 17.8 Å². The van der Waals surface area contributed by atoms with Gasteiger partial charge in [0.05, 0.1) is 24.9 Å². The third kappa shape index (κ3) is 5.44. The Bertz CT molecular complexity index is 1200. The van der Waals surface area contributed by atoms with Crippen molar-refractivity contribution < 1.29 is 9.18 Å². The van der Waals surface area contributed by atoms with Crippen LogP contribution >= 0.6 is 0 Å². The molecule has 0 saturated carbocycles. The Morgan fingerprint density at radius 1 is 0.970 bits per heavy atom. The molecule has 2 aromatic carbocycles. The third-order valence-corrected chi connectivity index (χ3v) is 5.41. The maximum Gasteiger partial charge on any atom is 0.224 e. The van der Waals surface area contributed by atoms with Gasteiger partial charge in [-0.1, -0.05) is 12.1 Å². The van der Waals surface area contributed by atoms with Crippen molar-refractivity contribution in [1.29, 1.82) is 0 Å². The number of aromatic nitrogens is 3. The van der Waals surface area contributed by atoms with E-state index in [9.17, 15) is 9.18 Å². The highest BCUT2D eigenvalue weighted by Crippen LogP contribution is 2.31. The predicted molar refractivity (Wildman–Crippen MR) is 128 cm³/mol. The van der Waals surface area contributed by atoms with E-state index in [1.54, 1.807) is 30.7 Å². The van der Waals surface area contributed by atoms with E-state index < -0.39 is 0 Å². The van der Waals surface area contributed by atoms with Gasteiger partial charge in [-0.2, -0.15) is 5.10 Å². The largest absolute Gasteiger partial charge is 0.378 e. The van der Waals surface area contributed by atoms with Crippen LogP contribution in [0, 0.1) is 5.82 Å². The number of carbonyl (C=O) groups is 1. The molecule has 0 radical (unpaired) electrons. The van der Waals surface area contributed by atoms with E-state index in [4.69, 9.17) is 0 Å². The molecule has 7 heteroatoms. The highest BCUT2D eigenvalue weighted by atomic mass is 19.1. The lowest BCUT2D eigenvalue weighted by molar-refractivity contribution is -0.120. The molecule has 0 aliphatic carbocycles. The van der Waals surface area contributed by atoms with E-state index in [2.05, 4.69) is 15.4 Å². The summed E-state index contributed by atoms with van der Waals surface area (Å²) < 4.78 is 15.3. The van der Waals surface area contributed by atoms with Gasteiger partial charge in [-0.05, 0) is 59.7 Å². The molecule has 0 atom stereocenters. The van der Waals surface area contributed by atoms with E-state index in [1.165, 1.54) is 12.1 Å². The minimum atomic E-state index is -0.291. The quantitative estimate of drug-likeness (QED) is 0.444. The Hall–Kier alpha value is -4.00. The van der Waals surface area contributed by atoms with Crippen molar-refractivity contribution in [1.82, 2.24) is 20.1 Å². The standard InChI is InChI=1S/C26H26FN5O/c1-31(2)23-9-3-19(4-10-23)17-25(33)29-15-16-32-26(21-5-7-22(27)8-6-21)24(18-30-32)20-11-13-28-14-12-20/h3-14,18H,15-17H2,1-2H3,(H,29,33). The summed E-state index contributed by atoms with van der Waals surface area (Å²) in [6, 6.07) is 18.1. The van der Waals surface area contributed by atoms with Crippen molar-refractivity contribution in [3.05, 3.63) is 90.6 Å². The first-order valence-corrected chi connectivity index (χ1v) is 10.8.